The van der Waals surface area contributed by atoms with Gasteiger partial charge in [-0.25, -0.2) is 0 Å². The average molecular weight is 173 g/mol. The predicted octanol–water partition coefficient (Wildman–Crippen LogP) is 1.85. The lowest BCUT2D eigenvalue weighted by molar-refractivity contribution is -0.104. The van der Waals surface area contributed by atoms with Crippen LogP contribution in [0.15, 0.2) is 24.3 Å². The van der Waals surface area contributed by atoms with E-state index < -0.39 is 25.2 Å². The summed E-state index contributed by atoms with van der Waals surface area (Å²) in [6, 6.07) is 0. The third-order valence-electron chi connectivity index (χ3n) is 1.28. The Morgan fingerprint density at radius 3 is 3.00 bits per heavy atom. The molecule has 0 saturated heterocycles. The van der Waals surface area contributed by atoms with Gasteiger partial charge in [-0.15, -0.1) is 6.58 Å². The highest BCUT2D eigenvalue weighted by Gasteiger charge is 2.12. The van der Waals surface area contributed by atoms with E-state index in [9.17, 15) is 9.90 Å². The first-order valence-corrected chi connectivity index (χ1v) is 3.50. The van der Waals surface area contributed by atoms with Gasteiger partial charge in [0.1, 0.15) is 6.29 Å². The summed E-state index contributed by atoms with van der Waals surface area (Å²) in [4.78, 5) is 10.4. The normalized spacial score (nSPS) is 25.2. The van der Waals surface area contributed by atoms with Crippen molar-refractivity contribution in [2.24, 2.45) is 0 Å². The van der Waals surface area contributed by atoms with Crippen molar-refractivity contribution in [3.05, 3.63) is 24.3 Å². The number of aldehydes is 1. The lowest BCUT2D eigenvalue weighted by atomic mass is 10.00. The van der Waals surface area contributed by atoms with Gasteiger partial charge in [0.25, 0.3) is 0 Å². The molecule has 0 aliphatic rings. The maximum Gasteiger partial charge on any atom is 0.145 e. The van der Waals surface area contributed by atoms with Gasteiger partial charge in [0.05, 0.1) is 5.60 Å². The number of rotatable bonds is 5. The van der Waals surface area contributed by atoms with Crippen molar-refractivity contribution in [2.75, 3.05) is 0 Å². The highest BCUT2D eigenvalue weighted by Crippen LogP contribution is 2.13. The number of carbonyl (C=O) groups is 1. The summed E-state index contributed by atoms with van der Waals surface area (Å²) in [7, 11) is 0. The summed E-state index contributed by atoms with van der Waals surface area (Å²) in [5, 5.41) is 9.90. The molecule has 0 aromatic heterocycles. The van der Waals surface area contributed by atoms with Crippen molar-refractivity contribution in [3.63, 3.8) is 0 Å². The molecule has 1 N–H and O–H groups in total. The van der Waals surface area contributed by atoms with Gasteiger partial charge in [-0.05, 0) is 32.1 Å². The quantitative estimate of drug-likeness (QED) is 0.391. The Morgan fingerprint density at radius 1 is 1.92 bits per heavy atom. The minimum absolute atomic E-state index is 0.269. The van der Waals surface area contributed by atoms with Crippen LogP contribution >= 0.6 is 0 Å². The molecule has 1 atom stereocenters. The van der Waals surface area contributed by atoms with Crippen molar-refractivity contribution in [1.82, 2.24) is 0 Å². The first kappa shape index (κ1) is 4.97. The lowest BCUT2D eigenvalue weighted by Crippen LogP contribution is -2.19. The second kappa shape index (κ2) is 4.88. The van der Waals surface area contributed by atoms with Crippen molar-refractivity contribution in [3.8, 4) is 0 Å². The second-order valence-corrected chi connectivity index (χ2v) is 2.42. The van der Waals surface area contributed by atoms with Gasteiger partial charge in [-0.2, -0.15) is 0 Å². The summed E-state index contributed by atoms with van der Waals surface area (Å²) in [5.74, 6) is 0. The number of hydrogen-bond donors (Lipinski definition) is 1. The topological polar surface area (TPSA) is 37.3 Å². The van der Waals surface area contributed by atoms with Gasteiger partial charge < -0.3 is 5.11 Å². The Labute approximate surface area is 80.6 Å². The molecule has 0 amide bonds. The summed E-state index contributed by atoms with van der Waals surface area (Å²) in [6.45, 7) is 1.71. The van der Waals surface area contributed by atoms with Gasteiger partial charge in [-0.3, -0.25) is 4.79 Å². The average Bonchev–Trinajstić information content (AvgIpc) is 2.22. The molecule has 0 fully saturated rings. The van der Waals surface area contributed by atoms with Crippen molar-refractivity contribution >= 4 is 6.29 Å². The number of allylic oxidation sites excluding steroid dienone is 2. The van der Waals surface area contributed by atoms with Crippen molar-refractivity contribution < 1.29 is 16.8 Å². The van der Waals surface area contributed by atoms with E-state index >= 15 is 0 Å². The van der Waals surface area contributed by atoms with E-state index in [1.807, 2.05) is 0 Å². The maximum absolute atomic E-state index is 10.4. The molecule has 2 nitrogen and oxygen atoms in total. The molecule has 0 aromatic rings. The van der Waals surface area contributed by atoms with Crippen LogP contribution in [-0.2, 0) is 4.79 Å². The molecule has 0 radical (unpaired) electrons. The first-order chi connectivity index (χ1) is 7.52. The van der Waals surface area contributed by atoms with E-state index in [4.69, 9.17) is 6.85 Å². The van der Waals surface area contributed by atoms with Crippen LogP contribution in [0, 0.1) is 0 Å². The van der Waals surface area contributed by atoms with Crippen LogP contribution in [0.3, 0.4) is 0 Å². The molecule has 12 heavy (non-hydrogen) atoms. The van der Waals surface area contributed by atoms with E-state index in [1.54, 1.807) is 0 Å². The Morgan fingerprint density at radius 2 is 2.58 bits per heavy atom. The summed E-state index contributed by atoms with van der Waals surface area (Å²) in [5.41, 5.74) is -2.38. The highest BCUT2D eigenvalue weighted by molar-refractivity contribution is 5.71. The van der Waals surface area contributed by atoms with Crippen LogP contribution in [-0.4, -0.2) is 17.0 Å². The fourth-order valence-corrected chi connectivity index (χ4v) is 0.488. The molecular formula is C10H16O2. The number of aliphatic hydroxyl groups is 1. The van der Waals surface area contributed by atoms with Crippen molar-refractivity contribution in [2.45, 2.75) is 32.2 Å². The van der Waals surface area contributed by atoms with E-state index in [-0.39, 0.29) is 5.57 Å². The van der Waals surface area contributed by atoms with Gasteiger partial charge in [-0.1, -0.05) is 12.2 Å². The Bertz CT molecular complexity index is 332. The molecule has 0 rings (SSSR count). The minimum atomic E-state index is -2.93. The van der Waals surface area contributed by atoms with Crippen LogP contribution in [0.1, 0.15) is 33.4 Å². The van der Waals surface area contributed by atoms with Crippen LogP contribution < -0.4 is 0 Å². The van der Waals surface area contributed by atoms with Crippen LogP contribution in [0.4, 0.5) is 0 Å². The SMILES string of the molecule is [2H]C([2H])([2H])[C@@](O)(C=C)C([2H])([2H])C/C=C(\C)C=O. The first-order valence-electron chi connectivity index (χ1n) is 6.00. The molecule has 2 heteroatoms. The summed E-state index contributed by atoms with van der Waals surface area (Å²) >= 11 is 0. The highest BCUT2D eigenvalue weighted by atomic mass is 16.3. The summed E-state index contributed by atoms with van der Waals surface area (Å²) < 4.78 is 36.7. The van der Waals surface area contributed by atoms with Crippen molar-refractivity contribution in [1.29, 1.82) is 0 Å². The zero-order chi connectivity index (χ0) is 13.9. The standard InChI is InChI=1S/C10H16O2/c1-4-10(3,12)7-5-6-9(2)8-11/h4,6,8,12H,1,5,7H2,2-3H3/b9-6+/t10-/m1/s1/i3D3,7D2. The number of carbonyl (C=O) groups excluding carboxylic acids is 1. The van der Waals surface area contributed by atoms with E-state index in [2.05, 4.69) is 6.58 Å². The summed E-state index contributed by atoms with van der Waals surface area (Å²) in [6.07, 6.45) is -0.377. The Balaban J connectivity index is 5.27. The monoisotopic (exact) mass is 173 g/mol. The van der Waals surface area contributed by atoms with Crippen LogP contribution in [0.2, 0.25) is 0 Å². The molecular weight excluding hydrogens is 152 g/mol. The fraction of sp³-hybridized carbons (Fsp3) is 0.500. The fourth-order valence-electron chi connectivity index (χ4n) is 0.488. The van der Waals surface area contributed by atoms with Gasteiger partial charge in [0.15, 0.2) is 0 Å². The predicted molar refractivity (Wildman–Crippen MR) is 49.9 cm³/mol. The maximum atomic E-state index is 10.4. The molecule has 0 saturated carbocycles. The largest absolute Gasteiger partial charge is 0.386 e. The van der Waals surface area contributed by atoms with E-state index in [1.165, 1.54) is 13.0 Å². The van der Waals surface area contributed by atoms with E-state index in [0.717, 1.165) is 0 Å². The molecule has 0 aliphatic heterocycles. The molecule has 0 aliphatic carbocycles. The molecule has 0 heterocycles. The molecule has 0 bridgehead atoms. The minimum Gasteiger partial charge on any atom is -0.386 e. The Kier molecular flexibility index (Phi) is 2.02. The van der Waals surface area contributed by atoms with Crippen LogP contribution in [0.5, 0.6) is 0 Å². The van der Waals surface area contributed by atoms with Gasteiger partial charge in [0.2, 0.25) is 0 Å². The molecule has 0 aromatic carbocycles. The number of hydrogen-bond acceptors (Lipinski definition) is 2. The zero-order valence-electron chi connectivity index (χ0n) is 12.0. The Hall–Kier alpha value is -0.890. The smallest absolute Gasteiger partial charge is 0.145 e. The van der Waals surface area contributed by atoms with E-state index in [0.29, 0.717) is 12.4 Å². The van der Waals surface area contributed by atoms with Crippen LogP contribution in [0.25, 0.3) is 0 Å². The van der Waals surface area contributed by atoms with Gasteiger partial charge >= 0.3 is 0 Å². The second-order valence-electron chi connectivity index (χ2n) is 2.42. The molecule has 0 unspecified atom stereocenters. The third-order valence-corrected chi connectivity index (χ3v) is 1.28. The molecule has 68 valence electrons. The zero-order valence-corrected chi connectivity index (χ0v) is 7.00. The third kappa shape index (κ3) is 4.85. The molecule has 0 spiro atoms. The van der Waals surface area contributed by atoms with Gasteiger partial charge in [0, 0.05) is 6.85 Å². The lowest BCUT2D eigenvalue weighted by Gasteiger charge is -2.16.